The minimum atomic E-state index is -0.474. The fourth-order valence-corrected chi connectivity index (χ4v) is 1.47. The molecule has 4 heteroatoms. The molecule has 1 aromatic rings. The predicted molar refractivity (Wildman–Crippen MR) is 72.1 cm³/mol. The van der Waals surface area contributed by atoms with Crippen LogP contribution in [0.4, 0.5) is 4.79 Å². The smallest absolute Gasteiger partial charge is 0.407 e. The summed E-state index contributed by atoms with van der Waals surface area (Å²) in [7, 11) is 0. The summed E-state index contributed by atoms with van der Waals surface area (Å²) >= 11 is 0. The van der Waals surface area contributed by atoms with E-state index in [0.717, 1.165) is 11.1 Å². The number of hydrogen-bond donors (Lipinski definition) is 2. The quantitative estimate of drug-likeness (QED) is 0.867. The summed E-state index contributed by atoms with van der Waals surface area (Å²) in [4.78, 5) is 11.5. The molecule has 0 spiro atoms. The molecule has 1 aromatic carbocycles. The summed E-state index contributed by atoms with van der Waals surface area (Å²) in [5, 5.41) is 2.72. The average molecular weight is 250 g/mol. The molecule has 4 nitrogen and oxygen atoms in total. The number of hydrogen-bond acceptors (Lipinski definition) is 3. The van der Waals surface area contributed by atoms with Crippen molar-refractivity contribution in [1.29, 1.82) is 0 Å². The molecule has 0 bridgehead atoms. The largest absolute Gasteiger partial charge is 0.444 e. The maximum atomic E-state index is 11.5. The minimum Gasteiger partial charge on any atom is -0.444 e. The Morgan fingerprint density at radius 1 is 1.44 bits per heavy atom. The summed E-state index contributed by atoms with van der Waals surface area (Å²) in [6.07, 6.45) is -0.409. The van der Waals surface area contributed by atoms with E-state index in [2.05, 4.69) is 5.32 Å². The van der Waals surface area contributed by atoms with Crippen molar-refractivity contribution in [2.45, 2.75) is 45.9 Å². The number of amides is 1. The number of benzene rings is 1. The van der Waals surface area contributed by atoms with Crippen molar-refractivity contribution in [3.8, 4) is 0 Å². The van der Waals surface area contributed by atoms with Crippen molar-refractivity contribution >= 4 is 6.09 Å². The molecule has 0 heterocycles. The molecule has 100 valence electrons. The number of nitrogens with two attached hydrogens (primary N) is 1. The first-order valence-corrected chi connectivity index (χ1v) is 6.09. The fourth-order valence-electron chi connectivity index (χ4n) is 1.47. The van der Waals surface area contributed by atoms with Crippen LogP contribution in [0.15, 0.2) is 24.3 Å². The van der Waals surface area contributed by atoms with Crippen LogP contribution in [0.2, 0.25) is 0 Å². The van der Waals surface area contributed by atoms with Crippen LogP contribution >= 0.6 is 0 Å². The topological polar surface area (TPSA) is 64.3 Å². The molecule has 18 heavy (non-hydrogen) atoms. The van der Waals surface area contributed by atoms with E-state index in [9.17, 15) is 4.79 Å². The maximum absolute atomic E-state index is 11.5. The second kappa shape index (κ2) is 5.87. The van der Waals surface area contributed by atoms with E-state index in [-0.39, 0.29) is 6.04 Å². The monoisotopic (exact) mass is 250 g/mol. The Bertz CT molecular complexity index is 409. The molecule has 0 fully saturated rings. The molecule has 1 unspecified atom stereocenters. The lowest BCUT2D eigenvalue weighted by Crippen LogP contribution is -2.32. The summed E-state index contributed by atoms with van der Waals surface area (Å²) < 4.78 is 5.16. The van der Waals surface area contributed by atoms with Crippen LogP contribution in [0.3, 0.4) is 0 Å². The standard InChI is InChI=1S/C14H22N2O2/c1-10(15)12-7-5-6-11(8-12)9-16-13(17)18-14(2,3)4/h5-8,10H,9,15H2,1-4H3,(H,16,17). The van der Waals surface area contributed by atoms with E-state index < -0.39 is 11.7 Å². The van der Waals surface area contributed by atoms with Gasteiger partial charge in [0.25, 0.3) is 0 Å². The Hall–Kier alpha value is -1.55. The van der Waals surface area contributed by atoms with Crippen LogP contribution in [0.1, 0.15) is 44.9 Å². The highest BCUT2D eigenvalue weighted by molar-refractivity contribution is 5.67. The van der Waals surface area contributed by atoms with Crippen LogP contribution in [0.5, 0.6) is 0 Å². The average Bonchev–Trinajstić information content (AvgIpc) is 2.24. The molecule has 0 saturated heterocycles. The molecule has 0 aliphatic carbocycles. The van der Waals surface area contributed by atoms with E-state index in [0.29, 0.717) is 6.54 Å². The molecule has 1 rings (SSSR count). The van der Waals surface area contributed by atoms with Crippen molar-refractivity contribution in [3.05, 3.63) is 35.4 Å². The zero-order valence-corrected chi connectivity index (χ0v) is 11.5. The SMILES string of the molecule is CC(N)c1cccc(CNC(=O)OC(C)(C)C)c1. The summed E-state index contributed by atoms with van der Waals surface area (Å²) in [6.45, 7) is 7.88. The molecule has 0 aromatic heterocycles. The van der Waals surface area contributed by atoms with Crippen molar-refractivity contribution < 1.29 is 9.53 Å². The van der Waals surface area contributed by atoms with Crippen LogP contribution < -0.4 is 11.1 Å². The van der Waals surface area contributed by atoms with E-state index in [1.54, 1.807) is 0 Å². The molecule has 0 radical (unpaired) electrons. The van der Waals surface area contributed by atoms with Crippen LogP contribution in [-0.4, -0.2) is 11.7 Å². The highest BCUT2D eigenvalue weighted by Crippen LogP contribution is 2.12. The van der Waals surface area contributed by atoms with Gasteiger partial charge in [-0.1, -0.05) is 24.3 Å². The first-order valence-electron chi connectivity index (χ1n) is 6.09. The Balaban J connectivity index is 2.53. The Kier molecular flexibility index (Phi) is 4.73. The van der Waals surface area contributed by atoms with Gasteiger partial charge >= 0.3 is 6.09 Å². The third-order valence-corrected chi connectivity index (χ3v) is 2.31. The third-order valence-electron chi connectivity index (χ3n) is 2.31. The van der Waals surface area contributed by atoms with Gasteiger partial charge in [-0.05, 0) is 38.8 Å². The molecular weight excluding hydrogens is 228 g/mol. The van der Waals surface area contributed by atoms with Gasteiger partial charge in [-0.2, -0.15) is 0 Å². The second-order valence-electron chi connectivity index (χ2n) is 5.39. The summed E-state index contributed by atoms with van der Waals surface area (Å²) in [5.74, 6) is 0. The van der Waals surface area contributed by atoms with E-state index in [1.165, 1.54) is 0 Å². The molecule has 0 saturated carbocycles. The molecule has 1 amide bonds. The molecular formula is C14H22N2O2. The van der Waals surface area contributed by atoms with Crippen molar-refractivity contribution in [2.24, 2.45) is 5.73 Å². The second-order valence-corrected chi connectivity index (χ2v) is 5.39. The highest BCUT2D eigenvalue weighted by Gasteiger charge is 2.15. The Morgan fingerprint density at radius 2 is 2.11 bits per heavy atom. The van der Waals surface area contributed by atoms with E-state index in [1.807, 2.05) is 52.0 Å². The first kappa shape index (κ1) is 14.5. The van der Waals surface area contributed by atoms with E-state index in [4.69, 9.17) is 10.5 Å². The fraction of sp³-hybridized carbons (Fsp3) is 0.500. The predicted octanol–water partition coefficient (Wildman–Crippen LogP) is 2.73. The molecule has 3 N–H and O–H groups in total. The first-order chi connectivity index (χ1) is 8.28. The van der Waals surface area contributed by atoms with Gasteiger partial charge in [-0.25, -0.2) is 4.79 Å². The van der Waals surface area contributed by atoms with Gasteiger partial charge in [0.1, 0.15) is 5.60 Å². The number of rotatable bonds is 3. The highest BCUT2D eigenvalue weighted by atomic mass is 16.6. The Labute approximate surface area is 109 Å². The summed E-state index contributed by atoms with van der Waals surface area (Å²) in [5.41, 5.74) is 7.40. The lowest BCUT2D eigenvalue weighted by atomic mass is 10.1. The number of carbonyl (C=O) groups excluding carboxylic acids is 1. The zero-order chi connectivity index (χ0) is 13.8. The molecule has 0 aliphatic rings. The third kappa shape index (κ3) is 5.19. The lowest BCUT2D eigenvalue weighted by molar-refractivity contribution is 0.0523. The Morgan fingerprint density at radius 3 is 2.67 bits per heavy atom. The van der Waals surface area contributed by atoms with Crippen molar-refractivity contribution in [2.75, 3.05) is 0 Å². The summed E-state index contributed by atoms with van der Waals surface area (Å²) in [6, 6.07) is 7.84. The van der Waals surface area contributed by atoms with Crippen LogP contribution in [-0.2, 0) is 11.3 Å². The number of ether oxygens (including phenoxy) is 1. The van der Waals surface area contributed by atoms with Gasteiger partial charge in [0, 0.05) is 12.6 Å². The van der Waals surface area contributed by atoms with Gasteiger partial charge in [0.15, 0.2) is 0 Å². The number of carbonyl (C=O) groups is 1. The number of nitrogens with one attached hydrogen (secondary N) is 1. The van der Waals surface area contributed by atoms with Gasteiger partial charge in [0.05, 0.1) is 0 Å². The van der Waals surface area contributed by atoms with E-state index >= 15 is 0 Å². The van der Waals surface area contributed by atoms with Crippen molar-refractivity contribution in [1.82, 2.24) is 5.32 Å². The van der Waals surface area contributed by atoms with Crippen LogP contribution in [0, 0.1) is 0 Å². The van der Waals surface area contributed by atoms with Crippen molar-refractivity contribution in [3.63, 3.8) is 0 Å². The maximum Gasteiger partial charge on any atom is 0.407 e. The zero-order valence-electron chi connectivity index (χ0n) is 11.5. The normalized spacial score (nSPS) is 12.9. The van der Waals surface area contributed by atoms with Gasteiger partial charge in [-0.15, -0.1) is 0 Å². The van der Waals surface area contributed by atoms with Gasteiger partial charge < -0.3 is 15.8 Å². The van der Waals surface area contributed by atoms with Gasteiger partial charge in [0.2, 0.25) is 0 Å². The minimum absolute atomic E-state index is 0.00789. The lowest BCUT2D eigenvalue weighted by Gasteiger charge is -2.19. The molecule has 1 atom stereocenters. The molecule has 0 aliphatic heterocycles. The number of alkyl carbamates (subject to hydrolysis) is 1. The van der Waals surface area contributed by atoms with Gasteiger partial charge in [-0.3, -0.25) is 0 Å². The van der Waals surface area contributed by atoms with Crippen LogP contribution in [0.25, 0.3) is 0 Å².